The van der Waals surface area contributed by atoms with Gasteiger partial charge in [-0.25, -0.2) is 13.2 Å². The zero-order valence-electron chi connectivity index (χ0n) is 16.8. The molecule has 0 bridgehead atoms. The quantitative estimate of drug-likeness (QED) is 0.369. The van der Waals surface area contributed by atoms with Crippen LogP contribution in [0.5, 0.6) is 0 Å². The molecule has 3 rings (SSSR count). The maximum Gasteiger partial charge on any atom is 0.194 e. The van der Waals surface area contributed by atoms with Crippen LogP contribution >= 0.6 is 0 Å². The maximum atomic E-state index is 13.4. The molecule has 152 valence electrons. The summed E-state index contributed by atoms with van der Waals surface area (Å²) in [4.78, 5) is 0. The summed E-state index contributed by atoms with van der Waals surface area (Å²) in [5, 5.41) is 0. The van der Waals surface area contributed by atoms with Crippen LogP contribution in [0, 0.1) is 47.0 Å². The first-order chi connectivity index (χ1) is 13.6. The Balaban J connectivity index is 1.44. The third kappa shape index (κ3) is 5.66. The smallest absolute Gasteiger partial charge is 0.194 e. The summed E-state index contributed by atoms with van der Waals surface area (Å²) in [5.74, 6) is 5.05. The van der Waals surface area contributed by atoms with Gasteiger partial charge in [0.25, 0.3) is 0 Å². The van der Waals surface area contributed by atoms with Crippen LogP contribution in [0.25, 0.3) is 0 Å². The molecule has 0 unspecified atom stereocenters. The molecule has 1 aromatic rings. The number of benzene rings is 1. The van der Waals surface area contributed by atoms with E-state index in [0.717, 1.165) is 43.7 Å². The summed E-state index contributed by atoms with van der Waals surface area (Å²) in [6.45, 7) is 2.27. The molecule has 0 aromatic heterocycles. The van der Waals surface area contributed by atoms with Crippen molar-refractivity contribution in [1.29, 1.82) is 0 Å². The van der Waals surface area contributed by atoms with Gasteiger partial charge in [0.15, 0.2) is 17.5 Å². The van der Waals surface area contributed by atoms with Gasteiger partial charge in [0.2, 0.25) is 0 Å². The second-order valence-electron chi connectivity index (χ2n) is 8.56. The minimum Gasteiger partial charge on any atom is -0.204 e. The molecule has 0 spiro atoms. The second kappa shape index (κ2) is 10.2. The van der Waals surface area contributed by atoms with Gasteiger partial charge >= 0.3 is 0 Å². The minimum absolute atomic E-state index is 0.0940. The topological polar surface area (TPSA) is 0 Å². The van der Waals surface area contributed by atoms with Crippen molar-refractivity contribution in [3.05, 3.63) is 47.3 Å². The molecular formula is C25H31F3. The molecule has 3 heteroatoms. The normalized spacial score (nSPS) is 28.1. The Morgan fingerprint density at radius 1 is 0.929 bits per heavy atom. The zero-order chi connectivity index (χ0) is 19.9. The summed E-state index contributed by atoms with van der Waals surface area (Å²) in [7, 11) is 0. The average Bonchev–Trinajstić information content (AvgIpc) is 2.71. The monoisotopic (exact) mass is 388 g/mol. The highest BCUT2D eigenvalue weighted by Gasteiger charge is 2.23. The van der Waals surface area contributed by atoms with Gasteiger partial charge in [-0.05, 0) is 92.9 Å². The van der Waals surface area contributed by atoms with Crippen molar-refractivity contribution in [2.45, 2.75) is 77.0 Å². The molecule has 2 fully saturated rings. The molecule has 0 aliphatic heterocycles. The Hall–Kier alpha value is -1.69. The molecule has 0 heterocycles. The fraction of sp³-hybridized carbons (Fsp3) is 0.600. The van der Waals surface area contributed by atoms with Crippen LogP contribution in [0.3, 0.4) is 0 Å². The Bertz CT molecular complexity index is 701. The van der Waals surface area contributed by atoms with Crippen molar-refractivity contribution in [1.82, 2.24) is 0 Å². The predicted octanol–water partition coefficient (Wildman–Crippen LogP) is 7.54. The number of allylic oxidation sites excluding steroid dienone is 2. The Kier molecular flexibility index (Phi) is 7.65. The zero-order valence-corrected chi connectivity index (χ0v) is 16.8. The number of rotatable bonds is 4. The van der Waals surface area contributed by atoms with E-state index in [4.69, 9.17) is 0 Å². The number of hydrogen-bond donors (Lipinski definition) is 0. The van der Waals surface area contributed by atoms with Crippen molar-refractivity contribution < 1.29 is 13.2 Å². The van der Waals surface area contributed by atoms with E-state index in [1.165, 1.54) is 38.5 Å². The molecular weight excluding hydrogens is 357 g/mol. The summed E-state index contributed by atoms with van der Waals surface area (Å²) in [6.07, 6.45) is 15.8. The van der Waals surface area contributed by atoms with E-state index in [1.807, 2.05) is 6.08 Å². The highest BCUT2D eigenvalue weighted by molar-refractivity contribution is 5.25. The van der Waals surface area contributed by atoms with Crippen molar-refractivity contribution in [3.8, 4) is 11.8 Å². The highest BCUT2D eigenvalue weighted by Crippen LogP contribution is 2.36. The van der Waals surface area contributed by atoms with Gasteiger partial charge in [-0.3, -0.25) is 0 Å². The van der Waals surface area contributed by atoms with Crippen LogP contribution in [-0.2, 0) is 0 Å². The molecule has 2 saturated carbocycles. The van der Waals surface area contributed by atoms with Crippen molar-refractivity contribution in [2.24, 2.45) is 17.8 Å². The van der Waals surface area contributed by atoms with Crippen LogP contribution in [-0.4, -0.2) is 0 Å². The van der Waals surface area contributed by atoms with Crippen LogP contribution < -0.4 is 0 Å². The first-order valence-electron chi connectivity index (χ1n) is 10.9. The summed E-state index contributed by atoms with van der Waals surface area (Å²) >= 11 is 0. The highest BCUT2D eigenvalue weighted by atomic mass is 19.2. The van der Waals surface area contributed by atoms with E-state index >= 15 is 0 Å². The van der Waals surface area contributed by atoms with Crippen LogP contribution in [0.1, 0.15) is 82.6 Å². The summed E-state index contributed by atoms with van der Waals surface area (Å²) in [5.41, 5.74) is 0.571. The summed E-state index contributed by atoms with van der Waals surface area (Å²) in [6, 6.07) is 2.29. The SMILES string of the molecule is CCCC1CCC(/C=C/C#CC2CCC(c3cc(F)c(F)c(F)c3)CC2)CC1. The first-order valence-corrected chi connectivity index (χ1v) is 10.9. The van der Waals surface area contributed by atoms with Crippen LogP contribution in [0.2, 0.25) is 0 Å². The number of halogens is 3. The molecule has 0 saturated heterocycles. The van der Waals surface area contributed by atoms with Crippen molar-refractivity contribution >= 4 is 0 Å². The first kappa shape index (κ1) is 21.0. The van der Waals surface area contributed by atoms with E-state index in [-0.39, 0.29) is 5.92 Å². The van der Waals surface area contributed by atoms with Gasteiger partial charge in [0.1, 0.15) is 0 Å². The summed E-state index contributed by atoms with van der Waals surface area (Å²) < 4.78 is 40.0. The lowest BCUT2D eigenvalue weighted by Gasteiger charge is -2.26. The van der Waals surface area contributed by atoms with E-state index in [1.54, 1.807) is 0 Å². The second-order valence-corrected chi connectivity index (χ2v) is 8.56. The molecule has 2 aliphatic carbocycles. The average molecular weight is 389 g/mol. The fourth-order valence-electron chi connectivity index (χ4n) is 4.81. The van der Waals surface area contributed by atoms with E-state index in [2.05, 4.69) is 24.8 Å². The van der Waals surface area contributed by atoms with Gasteiger partial charge in [-0.1, -0.05) is 37.7 Å². The molecule has 0 nitrogen and oxygen atoms in total. The van der Waals surface area contributed by atoms with E-state index in [0.29, 0.717) is 17.4 Å². The van der Waals surface area contributed by atoms with Crippen LogP contribution in [0.15, 0.2) is 24.3 Å². The van der Waals surface area contributed by atoms with Crippen molar-refractivity contribution in [3.63, 3.8) is 0 Å². The lowest BCUT2D eigenvalue weighted by molar-refractivity contribution is 0.294. The lowest BCUT2D eigenvalue weighted by atomic mass is 9.79. The molecule has 0 radical (unpaired) electrons. The molecule has 1 aromatic carbocycles. The minimum atomic E-state index is -1.38. The van der Waals surface area contributed by atoms with Gasteiger partial charge in [0, 0.05) is 5.92 Å². The van der Waals surface area contributed by atoms with E-state index in [9.17, 15) is 13.2 Å². The fourth-order valence-corrected chi connectivity index (χ4v) is 4.81. The molecule has 0 N–H and O–H groups in total. The maximum absolute atomic E-state index is 13.4. The molecule has 2 aliphatic rings. The largest absolute Gasteiger partial charge is 0.204 e. The number of hydrogen-bond acceptors (Lipinski definition) is 0. The Morgan fingerprint density at radius 2 is 1.57 bits per heavy atom. The third-order valence-electron chi connectivity index (χ3n) is 6.53. The van der Waals surface area contributed by atoms with E-state index < -0.39 is 17.5 Å². The molecule has 0 amide bonds. The third-order valence-corrected chi connectivity index (χ3v) is 6.53. The van der Waals surface area contributed by atoms with Gasteiger partial charge in [-0.15, -0.1) is 0 Å². The van der Waals surface area contributed by atoms with Crippen LogP contribution in [0.4, 0.5) is 13.2 Å². The van der Waals surface area contributed by atoms with Gasteiger partial charge < -0.3 is 0 Å². The Morgan fingerprint density at radius 3 is 2.18 bits per heavy atom. The molecule has 28 heavy (non-hydrogen) atoms. The van der Waals surface area contributed by atoms with Crippen molar-refractivity contribution in [2.75, 3.05) is 0 Å². The standard InChI is InChI=1S/C25H31F3/c1-2-5-18-8-10-19(11-9-18)6-3-4-7-20-12-14-21(15-13-20)22-16-23(26)25(28)24(27)17-22/h3,6,16-21H,2,5,8-15H2,1H3/b6-3+. The molecule has 0 atom stereocenters. The van der Waals surface area contributed by atoms with Gasteiger partial charge in [-0.2, -0.15) is 0 Å². The van der Waals surface area contributed by atoms with Gasteiger partial charge in [0.05, 0.1) is 0 Å². The lowest BCUT2D eigenvalue weighted by Crippen LogP contribution is -2.13. The predicted molar refractivity (Wildman–Crippen MR) is 108 cm³/mol. The Labute approximate surface area is 167 Å².